The van der Waals surface area contributed by atoms with Crippen molar-refractivity contribution in [3.05, 3.63) is 74.5 Å². The SMILES string of the molecule is C=c1[nH]c(=O)nc2c1=Nc1cc(C)c(C)cc1N2CCCc1ccccn1. The number of H-pyrrole nitrogens is 1. The number of pyridine rings is 1. The van der Waals surface area contributed by atoms with E-state index >= 15 is 0 Å². The number of nitrogens with one attached hydrogen (secondary N) is 1. The number of hydrogen-bond donors (Lipinski definition) is 1. The molecule has 6 heteroatoms. The Morgan fingerprint density at radius 2 is 2.00 bits per heavy atom. The number of aryl methyl sites for hydroxylation is 3. The highest BCUT2D eigenvalue weighted by molar-refractivity contribution is 5.77. The molecule has 3 aromatic rings. The van der Waals surface area contributed by atoms with Crippen LogP contribution in [0.1, 0.15) is 23.2 Å². The van der Waals surface area contributed by atoms with Gasteiger partial charge < -0.3 is 9.88 Å². The van der Waals surface area contributed by atoms with Gasteiger partial charge in [0.2, 0.25) is 0 Å². The molecule has 0 fully saturated rings. The molecule has 1 aromatic carbocycles. The van der Waals surface area contributed by atoms with E-state index in [1.165, 1.54) is 11.1 Å². The second-order valence-corrected chi connectivity index (χ2v) is 6.81. The summed E-state index contributed by atoms with van der Waals surface area (Å²) in [7, 11) is 0. The second-order valence-electron chi connectivity index (χ2n) is 6.81. The van der Waals surface area contributed by atoms with E-state index in [1.807, 2.05) is 24.4 Å². The molecule has 0 amide bonds. The Labute approximate surface area is 157 Å². The monoisotopic (exact) mass is 359 g/mol. The van der Waals surface area contributed by atoms with Crippen LogP contribution in [-0.2, 0) is 6.42 Å². The quantitative estimate of drug-likeness (QED) is 0.775. The van der Waals surface area contributed by atoms with E-state index in [-0.39, 0.29) is 0 Å². The van der Waals surface area contributed by atoms with Gasteiger partial charge in [0.25, 0.3) is 0 Å². The average molecular weight is 359 g/mol. The number of rotatable bonds is 4. The number of hydrogen-bond acceptors (Lipinski definition) is 5. The molecule has 1 N–H and O–H groups in total. The summed E-state index contributed by atoms with van der Waals surface area (Å²) in [4.78, 5) is 30.0. The highest BCUT2D eigenvalue weighted by atomic mass is 16.1. The fraction of sp³-hybridized carbons (Fsp3) is 0.238. The number of benzene rings is 1. The minimum absolute atomic E-state index is 0.407. The minimum atomic E-state index is -0.407. The van der Waals surface area contributed by atoms with Crippen LogP contribution in [0.3, 0.4) is 0 Å². The first-order valence-electron chi connectivity index (χ1n) is 8.99. The Kier molecular flexibility index (Phi) is 4.32. The van der Waals surface area contributed by atoms with E-state index < -0.39 is 5.69 Å². The van der Waals surface area contributed by atoms with Gasteiger partial charge in [-0.25, -0.2) is 9.79 Å². The van der Waals surface area contributed by atoms with Gasteiger partial charge in [-0.3, -0.25) is 4.98 Å². The van der Waals surface area contributed by atoms with Crippen molar-refractivity contribution >= 4 is 23.8 Å². The van der Waals surface area contributed by atoms with Gasteiger partial charge in [0.15, 0.2) is 5.82 Å². The Hall–Kier alpha value is -3.28. The molecule has 0 spiro atoms. The largest absolute Gasteiger partial charge is 0.347 e. The lowest BCUT2D eigenvalue weighted by atomic mass is 10.1. The van der Waals surface area contributed by atoms with Gasteiger partial charge in [0, 0.05) is 18.4 Å². The average Bonchev–Trinajstić information content (AvgIpc) is 2.64. The number of aromatic amines is 1. The Bertz CT molecular complexity index is 1170. The van der Waals surface area contributed by atoms with Crippen molar-refractivity contribution < 1.29 is 0 Å². The van der Waals surface area contributed by atoms with Crippen LogP contribution in [0.5, 0.6) is 0 Å². The molecule has 0 bridgehead atoms. The maximum atomic E-state index is 12.0. The highest BCUT2D eigenvalue weighted by Gasteiger charge is 2.22. The molecule has 6 nitrogen and oxygen atoms in total. The van der Waals surface area contributed by atoms with E-state index in [0.29, 0.717) is 23.1 Å². The molecule has 2 aromatic heterocycles. The van der Waals surface area contributed by atoms with Crippen molar-refractivity contribution in [2.75, 3.05) is 11.4 Å². The summed E-state index contributed by atoms with van der Waals surface area (Å²) in [6, 6.07) is 10.1. The standard InChI is InChI=1S/C21H21N5O/c1-13-11-17-18(12-14(13)2)26(10-6-8-16-7-4-5-9-22-16)20-19(24-17)15(3)23-21(27)25-20/h4-5,7,9,11-12H,3,6,8,10H2,1-2H3,(H,23,27). The van der Waals surface area contributed by atoms with E-state index in [2.05, 4.69) is 52.4 Å². The van der Waals surface area contributed by atoms with Gasteiger partial charge in [0.1, 0.15) is 5.36 Å². The summed E-state index contributed by atoms with van der Waals surface area (Å²) in [5, 5.41) is 1.12. The van der Waals surface area contributed by atoms with Crippen LogP contribution in [0.4, 0.5) is 17.2 Å². The third-order valence-corrected chi connectivity index (χ3v) is 4.87. The van der Waals surface area contributed by atoms with Crippen LogP contribution in [-0.4, -0.2) is 21.5 Å². The third-order valence-electron chi connectivity index (χ3n) is 4.87. The normalized spacial score (nSPS) is 12.3. The summed E-state index contributed by atoms with van der Waals surface area (Å²) in [5.74, 6) is 0.570. The zero-order valence-electron chi connectivity index (χ0n) is 15.5. The summed E-state index contributed by atoms with van der Waals surface area (Å²) >= 11 is 0. The molecular formula is C21H21N5O. The first-order valence-corrected chi connectivity index (χ1v) is 8.99. The molecule has 136 valence electrons. The summed E-state index contributed by atoms with van der Waals surface area (Å²) in [6.07, 6.45) is 3.54. The van der Waals surface area contributed by atoms with E-state index in [0.717, 1.165) is 29.9 Å². The first-order chi connectivity index (χ1) is 13.0. The second kappa shape index (κ2) is 6.79. The van der Waals surface area contributed by atoms with Crippen LogP contribution in [0.2, 0.25) is 0 Å². The molecule has 3 heterocycles. The van der Waals surface area contributed by atoms with Crippen LogP contribution >= 0.6 is 0 Å². The van der Waals surface area contributed by atoms with Crippen LogP contribution in [0.15, 0.2) is 46.3 Å². The lowest BCUT2D eigenvalue weighted by Crippen LogP contribution is -2.42. The molecule has 0 aliphatic carbocycles. The van der Waals surface area contributed by atoms with Crippen molar-refractivity contribution in [3.63, 3.8) is 0 Å². The zero-order chi connectivity index (χ0) is 19.0. The number of fused-ring (bicyclic) bond motifs is 2. The van der Waals surface area contributed by atoms with Crippen molar-refractivity contribution in [1.82, 2.24) is 15.0 Å². The highest BCUT2D eigenvalue weighted by Crippen LogP contribution is 2.36. The maximum absolute atomic E-state index is 12.0. The van der Waals surface area contributed by atoms with Gasteiger partial charge in [-0.1, -0.05) is 12.6 Å². The van der Waals surface area contributed by atoms with Crippen molar-refractivity contribution in [2.24, 2.45) is 4.99 Å². The maximum Gasteiger partial charge on any atom is 0.347 e. The van der Waals surface area contributed by atoms with Gasteiger partial charge in [-0.05, 0) is 62.1 Å². The van der Waals surface area contributed by atoms with Crippen molar-refractivity contribution in [1.29, 1.82) is 0 Å². The smallest absolute Gasteiger partial charge is 0.322 e. The van der Waals surface area contributed by atoms with Crippen molar-refractivity contribution in [2.45, 2.75) is 26.7 Å². The molecule has 0 radical (unpaired) electrons. The summed E-state index contributed by atoms with van der Waals surface area (Å²) in [6.45, 7) is 8.81. The Balaban J connectivity index is 1.76. The van der Waals surface area contributed by atoms with E-state index in [1.54, 1.807) is 0 Å². The third kappa shape index (κ3) is 3.26. The van der Waals surface area contributed by atoms with E-state index in [9.17, 15) is 4.79 Å². The molecule has 0 atom stereocenters. The fourth-order valence-corrected chi connectivity index (χ4v) is 3.32. The molecule has 1 aliphatic rings. The first kappa shape index (κ1) is 17.1. The fourth-order valence-electron chi connectivity index (χ4n) is 3.32. The Morgan fingerprint density at radius 1 is 1.19 bits per heavy atom. The number of aromatic nitrogens is 3. The molecule has 0 unspecified atom stereocenters. The van der Waals surface area contributed by atoms with Gasteiger partial charge in [-0.2, -0.15) is 4.98 Å². The number of anilines is 2. The predicted molar refractivity (Wildman–Crippen MR) is 106 cm³/mol. The van der Waals surface area contributed by atoms with Gasteiger partial charge >= 0.3 is 5.69 Å². The molecule has 27 heavy (non-hydrogen) atoms. The van der Waals surface area contributed by atoms with Crippen LogP contribution in [0.25, 0.3) is 6.58 Å². The molecule has 0 saturated carbocycles. The molecular weight excluding hydrogens is 338 g/mol. The topological polar surface area (TPSA) is 74.2 Å². The number of nitrogens with zero attached hydrogens (tertiary/aromatic N) is 4. The molecule has 4 rings (SSSR count). The lowest BCUT2D eigenvalue weighted by Gasteiger charge is -2.28. The van der Waals surface area contributed by atoms with Crippen LogP contribution in [0, 0.1) is 13.8 Å². The van der Waals surface area contributed by atoms with Gasteiger partial charge in [0.05, 0.1) is 16.7 Å². The van der Waals surface area contributed by atoms with Gasteiger partial charge in [-0.15, -0.1) is 0 Å². The van der Waals surface area contributed by atoms with Crippen molar-refractivity contribution in [3.8, 4) is 0 Å². The molecule has 1 aliphatic heterocycles. The Morgan fingerprint density at radius 3 is 2.78 bits per heavy atom. The van der Waals surface area contributed by atoms with Crippen LogP contribution < -0.4 is 21.3 Å². The predicted octanol–water partition coefficient (Wildman–Crippen LogP) is 2.23. The summed E-state index contributed by atoms with van der Waals surface area (Å²) < 4.78 is 0. The zero-order valence-corrected chi connectivity index (χ0v) is 15.5. The summed E-state index contributed by atoms with van der Waals surface area (Å²) in [5.41, 5.74) is 4.86. The molecule has 0 saturated heterocycles. The lowest BCUT2D eigenvalue weighted by molar-refractivity contribution is 0.770. The minimum Gasteiger partial charge on any atom is -0.322 e. The van der Waals surface area contributed by atoms with E-state index in [4.69, 9.17) is 4.99 Å².